The maximum Gasteiger partial charge on any atom is 0.343 e. The fraction of sp³-hybridized carbons (Fsp3) is 0.366. The van der Waals surface area contributed by atoms with Crippen molar-refractivity contribution in [3.05, 3.63) is 97.6 Å². The van der Waals surface area contributed by atoms with Gasteiger partial charge < -0.3 is 41.4 Å². The summed E-state index contributed by atoms with van der Waals surface area (Å²) in [6, 6.07) is 9.93. The molecule has 314 valence electrons. The van der Waals surface area contributed by atoms with Crippen molar-refractivity contribution in [2.75, 3.05) is 26.2 Å². The van der Waals surface area contributed by atoms with Gasteiger partial charge in [0.15, 0.2) is 12.2 Å². The molecular weight excluding hydrogens is 783 g/mol. The van der Waals surface area contributed by atoms with E-state index in [4.69, 9.17) is 20.3 Å². The standard InChI is InChI=1S/C41H43FN8O10/c1-3-41(58)25-12-30-37-23(17-50(30)39(56)24(25)18-59-40(41)57)36-27(10-9-22-20(2)26(42)13-28(48-37)35(22)36)46-34(54)19-60-49-33(53)16-45-38(55)29(11-21-7-5-4-6-8-21)47-32(52)15-44-31(51)14-43/h4-8,12-13,27,29,58H,3,9-11,14-19,43H2,1-2H3,(H,44,51)(H,45,55)(H,46,54)(H,47,52)(H,49,53)/t27-,29-,41-/m0/s1. The number of carbonyl (C=O) groups is 6. The zero-order valence-corrected chi connectivity index (χ0v) is 32.7. The van der Waals surface area contributed by atoms with E-state index in [1.165, 1.54) is 10.6 Å². The van der Waals surface area contributed by atoms with Gasteiger partial charge in [0.1, 0.15) is 18.5 Å². The molecule has 0 saturated carbocycles. The number of pyridine rings is 2. The van der Waals surface area contributed by atoms with E-state index in [1.54, 1.807) is 50.2 Å². The highest BCUT2D eigenvalue weighted by molar-refractivity contribution is 5.95. The SMILES string of the molecule is CC[C@@]1(O)C(=O)OCc2c1cc1n(c2=O)Cc2c-1nc1cc(F)c(C)c3c1c2[C@@H](NC(=O)CONC(=O)CNC(=O)[C@H](Cc1ccccc1)NC(=O)CNC(=O)CN)CC3. The Balaban J connectivity index is 1.03. The predicted octanol–water partition coefficient (Wildman–Crippen LogP) is -0.403. The molecule has 4 heterocycles. The quantitative estimate of drug-likeness (QED) is 0.0557. The van der Waals surface area contributed by atoms with E-state index in [0.29, 0.717) is 51.8 Å². The molecule has 19 heteroatoms. The number of rotatable bonds is 14. The molecule has 1 aliphatic carbocycles. The number of carbonyl (C=O) groups excluding carboxylic acids is 6. The third kappa shape index (κ3) is 7.93. The molecule has 0 spiro atoms. The highest BCUT2D eigenvalue weighted by Crippen LogP contribution is 2.46. The highest BCUT2D eigenvalue weighted by Gasteiger charge is 2.46. The smallest absolute Gasteiger partial charge is 0.343 e. The van der Waals surface area contributed by atoms with Crippen LogP contribution in [-0.2, 0) is 69.9 Å². The summed E-state index contributed by atoms with van der Waals surface area (Å²) in [5, 5.41) is 22.2. The second-order valence-electron chi connectivity index (χ2n) is 14.8. The molecule has 7 rings (SSSR count). The second-order valence-corrected chi connectivity index (χ2v) is 14.8. The summed E-state index contributed by atoms with van der Waals surface area (Å²) in [6.45, 7) is 1.08. The molecule has 8 N–H and O–H groups in total. The van der Waals surface area contributed by atoms with Crippen LogP contribution in [0.4, 0.5) is 4.39 Å². The van der Waals surface area contributed by atoms with Gasteiger partial charge in [0, 0.05) is 29.0 Å². The average Bonchev–Trinajstić information content (AvgIpc) is 3.61. The lowest BCUT2D eigenvalue weighted by molar-refractivity contribution is -0.172. The van der Waals surface area contributed by atoms with Gasteiger partial charge in [0.2, 0.25) is 23.6 Å². The Morgan fingerprint density at radius 3 is 2.52 bits per heavy atom. The molecule has 18 nitrogen and oxygen atoms in total. The minimum atomic E-state index is -2.04. The summed E-state index contributed by atoms with van der Waals surface area (Å²) in [5.74, 6) is -4.65. The number of cyclic esters (lactones) is 1. The number of hydrogen-bond donors (Lipinski definition) is 7. The molecule has 60 heavy (non-hydrogen) atoms. The lowest BCUT2D eigenvalue weighted by atomic mass is 9.81. The van der Waals surface area contributed by atoms with Crippen LogP contribution >= 0.6 is 0 Å². The van der Waals surface area contributed by atoms with Gasteiger partial charge in [0.05, 0.1) is 54.7 Å². The molecular formula is C41H43FN8O10. The van der Waals surface area contributed by atoms with Gasteiger partial charge in [-0.25, -0.2) is 19.6 Å². The summed E-state index contributed by atoms with van der Waals surface area (Å²) in [4.78, 5) is 99.6. The Hall–Kier alpha value is -6.57. The van der Waals surface area contributed by atoms with Crippen LogP contribution in [0, 0.1) is 12.7 Å². The molecule has 0 bridgehead atoms. The predicted molar refractivity (Wildman–Crippen MR) is 210 cm³/mol. The van der Waals surface area contributed by atoms with Crippen LogP contribution in [0.1, 0.15) is 64.8 Å². The summed E-state index contributed by atoms with van der Waals surface area (Å²) in [6.07, 6.45) is 0.788. The van der Waals surface area contributed by atoms with E-state index >= 15 is 4.39 Å². The van der Waals surface area contributed by atoms with E-state index < -0.39 is 84.3 Å². The van der Waals surface area contributed by atoms with E-state index in [-0.39, 0.29) is 43.7 Å². The molecule has 0 radical (unpaired) electrons. The number of aromatic nitrogens is 2. The number of amides is 5. The highest BCUT2D eigenvalue weighted by atomic mass is 19.1. The van der Waals surface area contributed by atoms with Crippen LogP contribution < -0.4 is 38.0 Å². The average molecular weight is 827 g/mol. The molecule has 0 unspecified atom stereocenters. The van der Waals surface area contributed by atoms with Gasteiger partial charge >= 0.3 is 5.97 Å². The van der Waals surface area contributed by atoms with E-state index in [1.807, 2.05) is 0 Å². The Morgan fingerprint density at radius 1 is 1.03 bits per heavy atom. The van der Waals surface area contributed by atoms with Crippen LogP contribution in [0.3, 0.4) is 0 Å². The Bertz CT molecular complexity index is 2510. The number of halogens is 1. The summed E-state index contributed by atoms with van der Waals surface area (Å²) < 4.78 is 21.9. The van der Waals surface area contributed by atoms with Crippen LogP contribution in [0.5, 0.6) is 0 Å². The molecule has 4 aromatic rings. The molecule has 2 aromatic carbocycles. The normalized spacial score (nSPS) is 17.7. The van der Waals surface area contributed by atoms with Crippen LogP contribution in [-0.4, -0.2) is 82.4 Å². The van der Waals surface area contributed by atoms with Crippen molar-refractivity contribution in [1.82, 2.24) is 36.3 Å². The van der Waals surface area contributed by atoms with Crippen LogP contribution in [0.2, 0.25) is 0 Å². The first-order valence-electron chi connectivity index (χ1n) is 19.3. The van der Waals surface area contributed by atoms with Gasteiger partial charge in [-0.2, -0.15) is 0 Å². The summed E-state index contributed by atoms with van der Waals surface area (Å²) in [7, 11) is 0. The number of ether oxygens (including phenoxy) is 1. The van der Waals surface area contributed by atoms with Crippen molar-refractivity contribution in [3.63, 3.8) is 0 Å². The maximum absolute atomic E-state index is 15.3. The second kappa shape index (κ2) is 17.0. The number of nitrogens with one attached hydrogen (secondary N) is 5. The van der Waals surface area contributed by atoms with Gasteiger partial charge in [0.25, 0.3) is 11.5 Å². The molecule has 5 amide bonds. The minimum absolute atomic E-state index is 0.0435. The van der Waals surface area contributed by atoms with Gasteiger partial charge in [-0.1, -0.05) is 37.3 Å². The number of nitrogens with two attached hydrogens (primary N) is 1. The lowest BCUT2D eigenvalue weighted by Crippen LogP contribution is -2.52. The third-order valence-corrected chi connectivity index (χ3v) is 11.1. The minimum Gasteiger partial charge on any atom is -0.458 e. The first-order valence-corrected chi connectivity index (χ1v) is 19.3. The van der Waals surface area contributed by atoms with Crippen LogP contribution in [0.15, 0.2) is 47.3 Å². The molecule has 3 aliphatic rings. The van der Waals surface area contributed by atoms with Crippen molar-refractivity contribution in [1.29, 1.82) is 0 Å². The van der Waals surface area contributed by atoms with E-state index in [9.17, 15) is 38.7 Å². The number of nitrogens with zero attached hydrogens (tertiary/aromatic N) is 2. The maximum atomic E-state index is 15.3. The molecule has 0 saturated heterocycles. The van der Waals surface area contributed by atoms with Gasteiger partial charge in [-0.3, -0.25) is 33.6 Å². The monoisotopic (exact) mass is 826 g/mol. The zero-order chi connectivity index (χ0) is 42.9. The largest absolute Gasteiger partial charge is 0.458 e. The fourth-order valence-electron chi connectivity index (χ4n) is 8.00. The van der Waals surface area contributed by atoms with E-state index in [0.717, 1.165) is 11.1 Å². The molecule has 2 aromatic heterocycles. The fourth-order valence-corrected chi connectivity index (χ4v) is 8.00. The van der Waals surface area contributed by atoms with Gasteiger partial charge in [-0.15, -0.1) is 0 Å². The topological polar surface area (TPSA) is 262 Å². The zero-order valence-electron chi connectivity index (χ0n) is 32.7. The number of hydrogen-bond acceptors (Lipinski definition) is 12. The van der Waals surface area contributed by atoms with Crippen molar-refractivity contribution in [2.24, 2.45) is 5.73 Å². The Morgan fingerprint density at radius 2 is 1.78 bits per heavy atom. The van der Waals surface area contributed by atoms with Crippen LogP contribution in [0.25, 0.3) is 22.3 Å². The number of aryl methyl sites for hydroxylation is 1. The first-order chi connectivity index (χ1) is 28.7. The lowest BCUT2D eigenvalue weighted by Gasteiger charge is -2.31. The number of benzene rings is 2. The molecule has 0 fully saturated rings. The molecule has 2 aliphatic heterocycles. The van der Waals surface area contributed by atoms with Crippen molar-refractivity contribution in [3.8, 4) is 11.4 Å². The van der Waals surface area contributed by atoms with Crippen molar-refractivity contribution < 1.29 is 47.8 Å². The van der Waals surface area contributed by atoms with Gasteiger partial charge in [-0.05, 0) is 54.5 Å². The van der Waals surface area contributed by atoms with Crippen molar-refractivity contribution in [2.45, 2.75) is 70.4 Å². The number of fused-ring (bicyclic) bond motifs is 5. The molecule has 3 atom stereocenters. The summed E-state index contributed by atoms with van der Waals surface area (Å²) >= 11 is 0. The first kappa shape index (κ1) is 41.6. The Kier molecular flexibility index (Phi) is 11.8. The third-order valence-electron chi connectivity index (χ3n) is 11.1. The summed E-state index contributed by atoms with van der Waals surface area (Å²) in [5.41, 5.74) is 9.24. The number of aliphatic hydroxyl groups is 1. The number of hydroxylamine groups is 1. The number of esters is 1. The Labute approximate surface area is 341 Å². The van der Waals surface area contributed by atoms with Crippen molar-refractivity contribution >= 4 is 46.4 Å². The van der Waals surface area contributed by atoms with E-state index in [2.05, 4.69) is 26.7 Å².